The Hall–Kier alpha value is -4.04. The van der Waals surface area contributed by atoms with E-state index in [9.17, 15) is 4.79 Å². The number of carbonyl (C=O) groups is 1. The molecule has 226 valence electrons. The minimum atomic E-state index is -0.768. The highest BCUT2D eigenvalue weighted by molar-refractivity contribution is 5.77. The van der Waals surface area contributed by atoms with E-state index in [-0.39, 0.29) is 24.6 Å². The van der Waals surface area contributed by atoms with Crippen LogP contribution >= 0.6 is 0 Å². The van der Waals surface area contributed by atoms with Gasteiger partial charge in [-0.2, -0.15) is 0 Å². The monoisotopic (exact) mass is 581 g/mol. The maximum absolute atomic E-state index is 13.7. The van der Waals surface area contributed by atoms with E-state index in [0.29, 0.717) is 6.42 Å². The summed E-state index contributed by atoms with van der Waals surface area (Å²) in [5, 5.41) is 8.59. The van der Waals surface area contributed by atoms with E-state index >= 15 is 0 Å². The van der Waals surface area contributed by atoms with Crippen molar-refractivity contribution in [2.45, 2.75) is 85.7 Å². The summed E-state index contributed by atoms with van der Waals surface area (Å²) in [5.74, 6) is 0.566. The van der Waals surface area contributed by atoms with Gasteiger partial charge in [-0.1, -0.05) is 53.7 Å². The number of fused-ring (bicyclic) bond motifs is 1. The Morgan fingerprint density at radius 1 is 1.14 bits per heavy atom. The van der Waals surface area contributed by atoms with E-state index in [1.165, 1.54) is 11.1 Å². The summed E-state index contributed by atoms with van der Waals surface area (Å²) in [4.78, 5) is 20.7. The number of pyridine rings is 1. The van der Waals surface area contributed by atoms with Gasteiger partial charge in [-0.3, -0.25) is 19.4 Å². The molecule has 0 fully saturated rings. The number of nitrogens with zero attached hydrogens (tertiary/aromatic N) is 5. The second-order valence-corrected chi connectivity index (χ2v) is 12.2. The molecule has 1 aliphatic rings. The summed E-state index contributed by atoms with van der Waals surface area (Å²) in [5.41, 5.74) is 5.68. The highest BCUT2D eigenvalue weighted by Crippen LogP contribution is 2.41. The van der Waals surface area contributed by atoms with Crippen molar-refractivity contribution in [3.63, 3.8) is 0 Å². The Morgan fingerprint density at radius 2 is 1.95 bits per heavy atom. The molecule has 8 nitrogen and oxygen atoms in total. The summed E-state index contributed by atoms with van der Waals surface area (Å²) in [7, 11) is 0. The first-order valence-electron chi connectivity index (χ1n) is 15.3. The van der Waals surface area contributed by atoms with Crippen molar-refractivity contribution in [3.8, 4) is 5.75 Å². The number of rotatable bonds is 11. The summed E-state index contributed by atoms with van der Waals surface area (Å²) in [6, 6.07) is 20.4. The van der Waals surface area contributed by atoms with Gasteiger partial charge in [0.2, 0.25) is 0 Å². The van der Waals surface area contributed by atoms with Crippen LogP contribution in [-0.4, -0.2) is 43.5 Å². The molecular weight excluding hydrogens is 538 g/mol. The number of hydrogen-bond donors (Lipinski definition) is 0. The summed E-state index contributed by atoms with van der Waals surface area (Å²) in [6.45, 7) is 13.6. The fraction of sp³-hybridized carbons (Fsp3) is 0.429. The molecule has 2 aromatic carbocycles. The number of ether oxygens (including phenoxy) is 2. The molecule has 0 aliphatic carbocycles. The van der Waals surface area contributed by atoms with Gasteiger partial charge in [-0.15, -0.1) is 5.10 Å². The Kier molecular flexibility index (Phi) is 9.56. The number of esters is 1. The molecule has 0 spiro atoms. The van der Waals surface area contributed by atoms with Crippen LogP contribution < -0.4 is 4.74 Å². The molecule has 5 rings (SSSR count). The van der Waals surface area contributed by atoms with Crippen LogP contribution in [0.5, 0.6) is 5.75 Å². The lowest BCUT2D eigenvalue weighted by Gasteiger charge is -2.33. The van der Waals surface area contributed by atoms with E-state index in [0.717, 1.165) is 60.9 Å². The molecular formula is C35H43N5O3. The second kappa shape index (κ2) is 13.5. The van der Waals surface area contributed by atoms with Crippen LogP contribution in [0.3, 0.4) is 0 Å². The molecule has 2 atom stereocenters. The molecule has 0 radical (unpaired) electrons. The molecule has 2 aromatic heterocycles. The maximum atomic E-state index is 13.7. The number of benzene rings is 2. The smallest absolute Gasteiger partial charge is 0.312 e. The van der Waals surface area contributed by atoms with Gasteiger partial charge in [0.05, 0.1) is 16.8 Å². The van der Waals surface area contributed by atoms with Gasteiger partial charge in [0.25, 0.3) is 0 Å². The first-order chi connectivity index (χ1) is 20.7. The molecule has 0 amide bonds. The summed E-state index contributed by atoms with van der Waals surface area (Å²) in [6.07, 6.45) is 5.32. The third-order valence-corrected chi connectivity index (χ3v) is 8.44. The molecule has 0 saturated carbocycles. The molecule has 1 aliphatic heterocycles. The van der Waals surface area contributed by atoms with Crippen molar-refractivity contribution in [1.82, 2.24) is 24.9 Å². The summed E-state index contributed by atoms with van der Waals surface area (Å²) >= 11 is 0. The number of carbonyl (C=O) groups excluding carboxylic acids is 1. The van der Waals surface area contributed by atoms with E-state index in [4.69, 9.17) is 9.47 Å². The fourth-order valence-electron chi connectivity index (χ4n) is 5.88. The number of hydrogen-bond acceptors (Lipinski definition) is 7. The molecule has 1 unspecified atom stereocenters. The lowest BCUT2D eigenvalue weighted by molar-refractivity contribution is -0.156. The van der Waals surface area contributed by atoms with Crippen molar-refractivity contribution in [2.75, 3.05) is 6.54 Å². The lowest BCUT2D eigenvalue weighted by Crippen LogP contribution is -2.34. The minimum Gasteiger partial charge on any atom is -0.487 e. The van der Waals surface area contributed by atoms with Crippen LogP contribution in [0.1, 0.15) is 73.7 Å². The predicted molar refractivity (Wildman–Crippen MR) is 166 cm³/mol. The number of aryl methyl sites for hydroxylation is 3. The topological polar surface area (TPSA) is 82.4 Å². The van der Waals surface area contributed by atoms with Gasteiger partial charge in [0, 0.05) is 38.6 Å². The van der Waals surface area contributed by atoms with Gasteiger partial charge in [0.1, 0.15) is 18.5 Å². The third-order valence-electron chi connectivity index (χ3n) is 8.44. The Labute approximate surface area is 255 Å². The van der Waals surface area contributed by atoms with E-state index in [2.05, 4.69) is 52.2 Å². The lowest BCUT2D eigenvalue weighted by atomic mass is 9.72. The van der Waals surface area contributed by atoms with Gasteiger partial charge in [0.15, 0.2) is 0 Å². The maximum Gasteiger partial charge on any atom is 0.312 e. The minimum absolute atomic E-state index is 0.0524. The van der Waals surface area contributed by atoms with Crippen molar-refractivity contribution in [1.29, 1.82) is 0 Å². The van der Waals surface area contributed by atoms with Crippen LogP contribution in [0.4, 0.5) is 0 Å². The highest BCUT2D eigenvalue weighted by Gasteiger charge is 2.39. The summed E-state index contributed by atoms with van der Waals surface area (Å²) < 4.78 is 13.9. The van der Waals surface area contributed by atoms with Crippen molar-refractivity contribution >= 4 is 5.97 Å². The molecule has 8 heteroatoms. The predicted octanol–water partition coefficient (Wildman–Crippen LogP) is 6.27. The normalized spacial score (nSPS) is 16.2. The Morgan fingerprint density at radius 3 is 2.72 bits per heavy atom. The van der Waals surface area contributed by atoms with Gasteiger partial charge in [-0.05, 0) is 87.8 Å². The van der Waals surface area contributed by atoms with E-state index in [1.807, 2.05) is 80.3 Å². The van der Waals surface area contributed by atoms with Crippen LogP contribution in [0.15, 0.2) is 73.1 Å². The molecule has 4 aromatic rings. The largest absolute Gasteiger partial charge is 0.487 e. The van der Waals surface area contributed by atoms with Crippen LogP contribution in [-0.2, 0) is 42.2 Å². The van der Waals surface area contributed by atoms with Crippen molar-refractivity contribution in [2.24, 2.45) is 5.41 Å². The first-order valence-corrected chi connectivity index (χ1v) is 15.3. The van der Waals surface area contributed by atoms with Gasteiger partial charge >= 0.3 is 5.97 Å². The Bertz CT molecular complexity index is 1520. The van der Waals surface area contributed by atoms with Crippen molar-refractivity contribution in [3.05, 3.63) is 107 Å². The average molecular weight is 582 g/mol. The van der Waals surface area contributed by atoms with Gasteiger partial charge in [-0.25, -0.2) is 0 Å². The van der Waals surface area contributed by atoms with E-state index in [1.54, 1.807) is 0 Å². The Balaban J connectivity index is 1.40. The quantitative estimate of drug-likeness (QED) is 0.193. The molecule has 0 saturated heterocycles. The third kappa shape index (κ3) is 7.49. The molecule has 0 bridgehead atoms. The zero-order valence-corrected chi connectivity index (χ0v) is 26.0. The molecule has 43 heavy (non-hydrogen) atoms. The van der Waals surface area contributed by atoms with E-state index < -0.39 is 5.41 Å². The highest BCUT2D eigenvalue weighted by atomic mass is 16.5. The van der Waals surface area contributed by atoms with Crippen LogP contribution in [0, 0.1) is 12.3 Å². The molecule has 3 heterocycles. The average Bonchev–Trinajstić information content (AvgIpc) is 3.40. The standard InChI is InChI=1S/C35H43N5O3/c1-6-40-22-30(37-38-40)16-17-31(35(4,5)34(41)42-24-27-11-8-7-9-12-27)28-15-14-25(2)29(19-28)21-39-20-26(3)43-33-13-10-18-36-32(33)23-39/h7-15,18-19,22,26,31H,6,16-17,20-21,23-24H2,1-5H3/t26-,31?/m1/s1. The number of aromatic nitrogens is 4. The van der Waals surface area contributed by atoms with Crippen LogP contribution in [0.2, 0.25) is 0 Å². The zero-order chi connectivity index (χ0) is 30.4. The first kappa shape index (κ1) is 30.4. The SMILES string of the molecule is CCn1cc(CCC(c2ccc(C)c(CN3Cc4ncccc4O[C@H](C)C3)c2)C(C)(C)C(=O)OCc2ccccc2)nn1. The molecule has 0 N–H and O–H groups in total. The van der Waals surface area contributed by atoms with Crippen LogP contribution in [0.25, 0.3) is 0 Å². The zero-order valence-electron chi connectivity index (χ0n) is 26.0. The second-order valence-electron chi connectivity index (χ2n) is 12.2. The van der Waals surface area contributed by atoms with Gasteiger partial charge < -0.3 is 9.47 Å². The van der Waals surface area contributed by atoms with Crippen molar-refractivity contribution < 1.29 is 14.3 Å². The fourth-order valence-corrected chi connectivity index (χ4v) is 5.88.